The van der Waals surface area contributed by atoms with Gasteiger partial charge in [0.2, 0.25) is 11.8 Å². The summed E-state index contributed by atoms with van der Waals surface area (Å²) in [5.41, 5.74) is 0.848. The number of hydrogen-bond donors (Lipinski definition) is 3. The highest BCUT2D eigenvalue weighted by Gasteiger charge is 2.30. The Balaban J connectivity index is 1.67. The van der Waals surface area contributed by atoms with Crippen molar-refractivity contribution < 1.29 is 22.8 Å². The van der Waals surface area contributed by atoms with Crippen LogP contribution < -0.4 is 16.0 Å². The second kappa shape index (κ2) is 10.5. The highest BCUT2D eigenvalue weighted by Crippen LogP contribution is 2.30. The summed E-state index contributed by atoms with van der Waals surface area (Å²) in [6, 6.07) is 11.9. The molecule has 2 aromatic rings. The van der Waals surface area contributed by atoms with Gasteiger partial charge in [-0.2, -0.15) is 13.2 Å². The Bertz CT molecular complexity index is 838. The van der Waals surface area contributed by atoms with Gasteiger partial charge in [-0.15, -0.1) is 0 Å². The summed E-state index contributed by atoms with van der Waals surface area (Å²) in [6.07, 6.45) is -2.12. The van der Waals surface area contributed by atoms with Gasteiger partial charge in [-0.05, 0) is 43.2 Å². The molecule has 0 fully saturated rings. The van der Waals surface area contributed by atoms with Crippen LogP contribution in [0.2, 0.25) is 0 Å². The first-order valence-corrected chi connectivity index (χ1v) is 9.33. The second-order valence-electron chi connectivity index (χ2n) is 6.53. The highest BCUT2D eigenvalue weighted by molar-refractivity contribution is 5.94. The first-order valence-electron chi connectivity index (χ1n) is 9.33. The monoisotopic (exact) mass is 407 g/mol. The third-order valence-electron chi connectivity index (χ3n) is 4.25. The number of benzene rings is 2. The molecule has 0 aliphatic heterocycles. The van der Waals surface area contributed by atoms with Gasteiger partial charge in [0.15, 0.2) is 0 Å². The maximum absolute atomic E-state index is 12.7. The summed E-state index contributed by atoms with van der Waals surface area (Å²) in [7, 11) is 1.77. The SMILES string of the molecule is CNc1ccccc1NC(=O)CCCCCC(=O)Nc1cccc(C(F)(F)F)c1. The van der Waals surface area contributed by atoms with Crippen molar-refractivity contribution in [3.63, 3.8) is 0 Å². The van der Waals surface area contributed by atoms with E-state index in [4.69, 9.17) is 0 Å². The number of anilines is 3. The van der Waals surface area contributed by atoms with Crippen LogP contribution in [0.15, 0.2) is 48.5 Å². The van der Waals surface area contributed by atoms with Crippen LogP contribution in [0.1, 0.15) is 37.7 Å². The van der Waals surface area contributed by atoms with Gasteiger partial charge in [-0.3, -0.25) is 9.59 Å². The standard InChI is InChI=1S/C21H24F3N3O2/c1-25-17-10-5-6-11-18(17)27-20(29)13-4-2-3-12-19(28)26-16-9-7-8-15(14-16)21(22,23)24/h5-11,14,25H,2-4,12-13H2,1H3,(H,26,28)(H,27,29). The normalized spacial score (nSPS) is 11.0. The third-order valence-corrected chi connectivity index (χ3v) is 4.25. The summed E-state index contributed by atoms with van der Waals surface area (Å²) in [6.45, 7) is 0. The Morgan fingerprint density at radius 1 is 0.828 bits per heavy atom. The number of rotatable bonds is 9. The van der Waals surface area contributed by atoms with Gasteiger partial charge >= 0.3 is 6.18 Å². The highest BCUT2D eigenvalue weighted by atomic mass is 19.4. The van der Waals surface area contributed by atoms with E-state index in [1.807, 2.05) is 24.3 Å². The average molecular weight is 407 g/mol. The summed E-state index contributed by atoms with van der Waals surface area (Å²) in [4.78, 5) is 23.9. The van der Waals surface area contributed by atoms with Crippen molar-refractivity contribution in [3.8, 4) is 0 Å². The van der Waals surface area contributed by atoms with Gasteiger partial charge in [-0.25, -0.2) is 0 Å². The summed E-state index contributed by atoms with van der Waals surface area (Å²) >= 11 is 0. The number of hydrogen-bond acceptors (Lipinski definition) is 3. The molecule has 2 rings (SSSR count). The summed E-state index contributed by atoms with van der Waals surface area (Å²) in [5, 5.41) is 8.31. The fourth-order valence-electron chi connectivity index (χ4n) is 2.77. The van der Waals surface area contributed by atoms with Crippen LogP contribution in [0, 0.1) is 0 Å². The number of nitrogens with one attached hydrogen (secondary N) is 3. The zero-order chi connectivity index (χ0) is 21.3. The average Bonchev–Trinajstić information content (AvgIpc) is 2.67. The molecule has 0 spiro atoms. The van der Waals surface area contributed by atoms with Gasteiger partial charge in [0, 0.05) is 25.6 Å². The maximum atomic E-state index is 12.7. The van der Waals surface area contributed by atoms with Gasteiger partial charge in [0.05, 0.1) is 16.9 Å². The van der Waals surface area contributed by atoms with Crippen molar-refractivity contribution in [2.75, 3.05) is 23.0 Å². The Morgan fingerprint density at radius 2 is 1.45 bits per heavy atom. The van der Waals surface area contributed by atoms with E-state index in [1.165, 1.54) is 12.1 Å². The molecule has 0 unspecified atom stereocenters. The van der Waals surface area contributed by atoms with E-state index in [0.717, 1.165) is 17.8 Å². The van der Waals surface area contributed by atoms with E-state index in [2.05, 4.69) is 16.0 Å². The quantitative estimate of drug-likeness (QED) is 0.496. The molecule has 0 saturated carbocycles. The molecule has 29 heavy (non-hydrogen) atoms. The largest absolute Gasteiger partial charge is 0.416 e. The molecule has 0 atom stereocenters. The van der Waals surface area contributed by atoms with Crippen molar-refractivity contribution >= 4 is 28.9 Å². The van der Waals surface area contributed by atoms with Crippen molar-refractivity contribution in [2.45, 2.75) is 38.3 Å². The molecule has 2 aromatic carbocycles. The number of carbonyl (C=O) groups is 2. The molecule has 0 bridgehead atoms. The molecule has 0 radical (unpaired) electrons. The third kappa shape index (κ3) is 7.48. The smallest absolute Gasteiger partial charge is 0.386 e. The zero-order valence-electron chi connectivity index (χ0n) is 16.1. The fraction of sp³-hybridized carbons (Fsp3) is 0.333. The van der Waals surface area contributed by atoms with Crippen LogP contribution >= 0.6 is 0 Å². The number of amides is 2. The van der Waals surface area contributed by atoms with Crippen LogP contribution in [-0.2, 0) is 15.8 Å². The van der Waals surface area contributed by atoms with Crippen LogP contribution in [0.5, 0.6) is 0 Å². The molecule has 0 aliphatic carbocycles. The molecule has 0 heterocycles. The molecule has 5 nitrogen and oxygen atoms in total. The van der Waals surface area contributed by atoms with E-state index in [1.54, 1.807) is 7.05 Å². The first kappa shape index (κ1) is 22.3. The van der Waals surface area contributed by atoms with Crippen molar-refractivity contribution in [3.05, 3.63) is 54.1 Å². The number of alkyl halides is 3. The fourth-order valence-corrected chi connectivity index (χ4v) is 2.77. The van der Waals surface area contributed by atoms with E-state index in [-0.39, 0.29) is 23.9 Å². The molecule has 156 valence electrons. The predicted molar refractivity (Wildman–Crippen MR) is 108 cm³/mol. The van der Waals surface area contributed by atoms with Crippen molar-refractivity contribution in [2.24, 2.45) is 0 Å². The minimum atomic E-state index is -4.45. The van der Waals surface area contributed by atoms with Crippen molar-refractivity contribution in [1.29, 1.82) is 0 Å². The van der Waals surface area contributed by atoms with Crippen LogP contribution in [0.25, 0.3) is 0 Å². The number of unbranched alkanes of at least 4 members (excludes halogenated alkanes) is 2. The van der Waals surface area contributed by atoms with Gasteiger partial charge < -0.3 is 16.0 Å². The Kier molecular flexibility index (Phi) is 8.06. The van der Waals surface area contributed by atoms with Gasteiger partial charge in [0.25, 0.3) is 0 Å². The van der Waals surface area contributed by atoms with Crippen molar-refractivity contribution in [1.82, 2.24) is 0 Å². The summed E-state index contributed by atoms with van der Waals surface area (Å²) < 4.78 is 38.1. The molecule has 0 aromatic heterocycles. The first-order chi connectivity index (χ1) is 13.8. The molecule has 0 aliphatic rings. The predicted octanol–water partition coefficient (Wildman–Crippen LogP) is 5.27. The minimum Gasteiger partial charge on any atom is -0.386 e. The van der Waals surface area contributed by atoms with E-state index in [0.29, 0.717) is 31.4 Å². The molecule has 3 N–H and O–H groups in total. The molecule has 2 amide bonds. The van der Waals surface area contributed by atoms with Crippen LogP contribution in [0.4, 0.5) is 30.2 Å². The van der Waals surface area contributed by atoms with E-state index >= 15 is 0 Å². The topological polar surface area (TPSA) is 70.2 Å². The molecule has 0 saturated heterocycles. The van der Waals surface area contributed by atoms with Crippen LogP contribution in [-0.4, -0.2) is 18.9 Å². The van der Waals surface area contributed by atoms with Crippen LogP contribution in [0.3, 0.4) is 0 Å². The lowest BCUT2D eigenvalue weighted by Crippen LogP contribution is -2.13. The molecular weight excluding hydrogens is 383 g/mol. The second-order valence-corrected chi connectivity index (χ2v) is 6.53. The lowest BCUT2D eigenvalue weighted by molar-refractivity contribution is -0.137. The maximum Gasteiger partial charge on any atom is 0.416 e. The lowest BCUT2D eigenvalue weighted by Gasteiger charge is -2.10. The molecule has 8 heteroatoms. The summed E-state index contributed by atoms with van der Waals surface area (Å²) in [5.74, 6) is -0.460. The number of carbonyl (C=O) groups excluding carboxylic acids is 2. The Hall–Kier alpha value is -3.03. The van der Waals surface area contributed by atoms with Gasteiger partial charge in [0.1, 0.15) is 0 Å². The number of halogens is 3. The Labute approximate surface area is 167 Å². The van der Waals surface area contributed by atoms with E-state index in [9.17, 15) is 22.8 Å². The Morgan fingerprint density at radius 3 is 2.07 bits per heavy atom. The lowest BCUT2D eigenvalue weighted by atomic mass is 10.1. The zero-order valence-corrected chi connectivity index (χ0v) is 16.1. The van der Waals surface area contributed by atoms with E-state index < -0.39 is 11.7 Å². The number of para-hydroxylation sites is 2. The minimum absolute atomic E-state index is 0.110. The van der Waals surface area contributed by atoms with Gasteiger partial charge in [-0.1, -0.05) is 24.6 Å². The molecular formula is C21H24F3N3O2.